The smallest absolute Gasteiger partial charge is 0.303 e. The summed E-state index contributed by atoms with van der Waals surface area (Å²) in [5, 5.41) is 8.98. The third-order valence-corrected chi connectivity index (χ3v) is 5.86. The van der Waals surface area contributed by atoms with Crippen LogP contribution in [0.3, 0.4) is 0 Å². The molecule has 0 fully saturated rings. The summed E-state index contributed by atoms with van der Waals surface area (Å²) >= 11 is 0. The molecule has 0 aliphatic heterocycles. The first-order valence-corrected chi connectivity index (χ1v) is 11.8. The Kier molecular flexibility index (Phi) is 9.16. The predicted octanol–water partition coefficient (Wildman–Crippen LogP) is 6.01. The zero-order valence-electron chi connectivity index (χ0n) is 19.6. The first-order chi connectivity index (χ1) is 16.4. The van der Waals surface area contributed by atoms with Gasteiger partial charge in [-0.2, -0.15) is 0 Å². The molecule has 1 aliphatic carbocycles. The molecular formula is C28H32FNO4. The van der Waals surface area contributed by atoms with Crippen molar-refractivity contribution in [1.82, 2.24) is 0 Å². The Morgan fingerprint density at radius 3 is 2.53 bits per heavy atom. The van der Waals surface area contributed by atoms with Gasteiger partial charge in [0.15, 0.2) is 0 Å². The molecule has 1 amide bonds. The van der Waals surface area contributed by atoms with Crippen molar-refractivity contribution in [2.24, 2.45) is 0 Å². The van der Waals surface area contributed by atoms with Crippen LogP contribution in [0.25, 0.3) is 5.57 Å². The molecule has 1 atom stereocenters. The highest BCUT2D eigenvalue weighted by Crippen LogP contribution is 2.32. The Morgan fingerprint density at radius 2 is 1.88 bits per heavy atom. The van der Waals surface area contributed by atoms with E-state index in [2.05, 4.69) is 6.08 Å². The molecule has 2 aromatic carbocycles. The third-order valence-electron chi connectivity index (χ3n) is 5.86. The maximum atomic E-state index is 14.0. The van der Waals surface area contributed by atoms with Gasteiger partial charge in [-0.25, -0.2) is 4.39 Å². The first-order valence-electron chi connectivity index (χ1n) is 11.8. The molecule has 0 heterocycles. The van der Waals surface area contributed by atoms with Crippen LogP contribution in [0.4, 0.5) is 10.1 Å². The molecule has 0 saturated carbocycles. The molecule has 1 aliphatic rings. The van der Waals surface area contributed by atoms with E-state index < -0.39 is 17.4 Å². The van der Waals surface area contributed by atoms with E-state index in [0.717, 1.165) is 24.0 Å². The van der Waals surface area contributed by atoms with Gasteiger partial charge in [0, 0.05) is 31.6 Å². The average molecular weight is 466 g/mol. The summed E-state index contributed by atoms with van der Waals surface area (Å²) in [6.07, 6.45) is 8.87. The predicted molar refractivity (Wildman–Crippen MR) is 132 cm³/mol. The maximum Gasteiger partial charge on any atom is 0.303 e. The van der Waals surface area contributed by atoms with Crippen LogP contribution in [0.2, 0.25) is 0 Å². The topological polar surface area (TPSA) is 66.8 Å². The SMILES string of the molecule is CCCCC(=O)N(CC1(OCCCC(=O)O)C=CC(c2ccccc2)=CC1)c1cccc(F)c1. The molecule has 0 aromatic heterocycles. The molecule has 1 N–H and O–H groups in total. The lowest BCUT2D eigenvalue weighted by Gasteiger charge is -2.37. The number of carbonyl (C=O) groups is 2. The third kappa shape index (κ3) is 7.12. The number of ether oxygens (including phenoxy) is 1. The molecule has 5 nitrogen and oxygen atoms in total. The molecule has 2 aromatic rings. The van der Waals surface area contributed by atoms with Gasteiger partial charge in [-0.05, 0) is 42.2 Å². The number of hydrogen-bond donors (Lipinski definition) is 1. The van der Waals surface area contributed by atoms with Crippen LogP contribution in [0, 0.1) is 5.82 Å². The number of rotatable bonds is 12. The van der Waals surface area contributed by atoms with Crippen LogP contribution < -0.4 is 4.90 Å². The second-order valence-electron chi connectivity index (χ2n) is 8.54. The molecule has 0 radical (unpaired) electrons. The van der Waals surface area contributed by atoms with Gasteiger partial charge in [0.1, 0.15) is 11.4 Å². The molecule has 6 heteroatoms. The fourth-order valence-electron chi connectivity index (χ4n) is 3.97. The second-order valence-corrected chi connectivity index (χ2v) is 8.54. The van der Waals surface area contributed by atoms with Crippen LogP contribution in [-0.4, -0.2) is 35.7 Å². The second kappa shape index (κ2) is 12.3. The van der Waals surface area contributed by atoms with Gasteiger partial charge >= 0.3 is 5.97 Å². The van der Waals surface area contributed by atoms with Gasteiger partial charge in [0.05, 0.1) is 6.54 Å². The Morgan fingerprint density at radius 1 is 1.09 bits per heavy atom. The number of carboxylic acids is 1. The summed E-state index contributed by atoms with van der Waals surface area (Å²) in [7, 11) is 0. The summed E-state index contributed by atoms with van der Waals surface area (Å²) in [6, 6.07) is 16.0. The molecule has 0 spiro atoms. The van der Waals surface area contributed by atoms with Crippen LogP contribution >= 0.6 is 0 Å². The normalized spacial score (nSPS) is 17.3. The van der Waals surface area contributed by atoms with Crippen molar-refractivity contribution in [3.8, 4) is 0 Å². The number of carboxylic acid groups (broad SMARTS) is 1. The van der Waals surface area contributed by atoms with Gasteiger partial charge in [-0.3, -0.25) is 9.59 Å². The Hall–Kier alpha value is -3.25. The Balaban J connectivity index is 1.87. The van der Waals surface area contributed by atoms with E-state index in [9.17, 15) is 14.0 Å². The van der Waals surface area contributed by atoms with Crippen molar-refractivity contribution < 1.29 is 23.8 Å². The number of hydrogen-bond acceptors (Lipinski definition) is 3. The number of aliphatic carboxylic acids is 1. The highest BCUT2D eigenvalue weighted by atomic mass is 19.1. The Labute approximate surface area is 200 Å². The lowest BCUT2D eigenvalue weighted by Crippen LogP contribution is -2.47. The Bertz CT molecular complexity index is 1030. The van der Waals surface area contributed by atoms with E-state index in [1.54, 1.807) is 17.0 Å². The average Bonchev–Trinajstić information content (AvgIpc) is 2.85. The van der Waals surface area contributed by atoms with Crippen molar-refractivity contribution in [2.75, 3.05) is 18.1 Å². The highest BCUT2D eigenvalue weighted by molar-refractivity contribution is 5.93. The highest BCUT2D eigenvalue weighted by Gasteiger charge is 2.34. The van der Waals surface area contributed by atoms with Crippen molar-refractivity contribution in [1.29, 1.82) is 0 Å². The fourth-order valence-corrected chi connectivity index (χ4v) is 3.97. The number of unbranched alkanes of at least 4 members (excludes halogenated alkanes) is 1. The summed E-state index contributed by atoms with van der Waals surface area (Å²) in [4.78, 5) is 25.7. The monoisotopic (exact) mass is 465 g/mol. The van der Waals surface area contributed by atoms with E-state index in [-0.39, 0.29) is 25.5 Å². The number of halogens is 1. The van der Waals surface area contributed by atoms with Gasteiger partial charge < -0.3 is 14.7 Å². The molecule has 34 heavy (non-hydrogen) atoms. The molecule has 0 saturated heterocycles. The molecular weight excluding hydrogens is 433 g/mol. The van der Waals surface area contributed by atoms with Crippen molar-refractivity contribution in [3.63, 3.8) is 0 Å². The summed E-state index contributed by atoms with van der Waals surface area (Å²) < 4.78 is 20.3. The van der Waals surface area contributed by atoms with Crippen LogP contribution in [0.1, 0.15) is 51.0 Å². The van der Waals surface area contributed by atoms with E-state index in [4.69, 9.17) is 9.84 Å². The fraction of sp³-hybridized carbons (Fsp3) is 0.357. The van der Waals surface area contributed by atoms with Crippen LogP contribution in [-0.2, 0) is 14.3 Å². The number of carbonyl (C=O) groups excluding carboxylic acids is 1. The minimum atomic E-state index is -0.876. The summed E-state index contributed by atoms with van der Waals surface area (Å²) in [6.45, 7) is 2.47. The largest absolute Gasteiger partial charge is 0.481 e. The summed E-state index contributed by atoms with van der Waals surface area (Å²) in [5.74, 6) is -1.38. The minimum Gasteiger partial charge on any atom is -0.481 e. The molecule has 3 rings (SSSR count). The van der Waals surface area contributed by atoms with Gasteiger partial charge in [0.2, 0.25) is 5.91 Å². The number of amides is 1. The molecule has 180 valence electrons. The zero-order valence-corrected chi connectivity index (χ0v) is 19.6. The lowest BCUT2D eigenvalue weighted by molar-refractivity contribution is -0.137. The number of allylic oxidation sites excluding steroid dienone is 2. The lowest BCUT2D eigenvalue weighted by atomic mass is 9.88. The number of benzene rings is 2. The van der Waals surface area contributed by atoms with Crippen molar-refractivity contribution >= 4 is 23.1 Å². The quantitative estimate of drug-likeness (QED) is 0.390. The minimum absolute atomic E-state index is 0.00788. The van der Waals surface area contributed by atoms with Gasteiger partial charge in [-0.15, -0.1) is 0 Å². The van der Waals surface area contributed by atoms with E-state index in [1.807, 2.05) is 49.4 Å². The van der Waals surface area contributed by atoms with Crippen molar-refractivity contribution in [3.05, 3.63) is 84.2 Å². The first kappa shape index (κ1) is 25.4. The molecule has 1 unspecified atom stereocenters. The van der Waals surface area contributed by atoms with Gasteiger partial charge in [-0.1, -0.05) is 68.0 Å². The van der Waals surface area contributed by atoms with Crippen molar-refractivity contribution in [2.45, 2.75) is 51.0 Å². The van der Waals surface area contributed by atoms with Crippen LogP contribution in [0.15, 0.2) is 72.8 Å². The van der Waals surface area contributed by atoms with E-state index in [1.165, 1.54) is 12.1 Å². The number of anilines is 1. The summed E-state index contributed by atoms with van der Waals surface area (Å²) in [5.41, 5.74) is 1.78. The van der Waals surface area contributed by atoms with E-state index >= 15 is 0 Å². The number of nitrogens with zero attached hydrogens (tertiary/aromatic N) is 1. The van der Waals surface area contributed by atoms with Gasteiger partial charge in [0.25, 0.3) is 0 Å². The standard InChI is InChI=1S/C28H32FNO4/c1-2-3-13-26(31)30(25-12-7-11-24(29)20-25)21-28(34-19-8-14-27(32)33)17-15-23(16-18-28)22-9-5-4-6-10-22/h4-7,9-12,15-17,20H,2-3,8,13-14,18-19,21H2,1H3,(H,32,33). The maximum absolute atomic E-state index is 14.0. The zero-order chi connectivity index (χ0) is 24.4. The van der Waals surface area contributed by atoms with Crippen LogP contribution in [0.5, 0.6) is 0 Å². The van der Waals surface area contributed by atoms with E-state index in [0.29, 0.717) is 24.9 Å². The molecule has 0 bridgehead atoms.